The van der Waals surface area contributed by atoms with Crippen molar-refractivity contribution in [3.05, 3.63) is 52.5 Å². The van der Waals surface area contributed by atoms with E-state index in [1.807, 2.05) is 56.3 Å². The molecule has 9 heteroatoms. The van der Waals surface area contributed by atoms with Gasteiger partial charge in [-0.25, -0.2) is 13.3 Å². The van der Waals surface area contributed by atoms with Crippen LogP contribution in [0.1, 0.15) is 31.9 Å². The molecule has 0 aliphatic carbocycles. The SMILES string of the molecule is Cc1cc(Cl)cc(Sc2ccc(C#N)cc2S(=O)N2CCN(C(=O)OC(C)(C)C)CC2)c1. The number of carbonyl (C=O) groups excluding carboxylic acids is 1. The maximum Gasteiger partial charge on any atom is 0.410 e. The molecule has 1 atom stereocenters. The topological polar surface area (TPSA) is 73.6 Å². The first-order valence-corrected chi connectivity index (χ1v) is 12.5. The predicted octanol–water partition coefficient (Wildman–Crippen LogP) is 5.25. The van der Waals surface area contributed by atoms with E-state index in [4.69, 9.17) is 16.3 Å². The first-order valence-electron chi connectivity index (χ1n) is 10.2. The summed E-state index contributed by atoms with van der Waals surface area (Å²) in [5.41, 5.74) is 0.932. The van der Waals surface area contributed by atoms with Gasteiger partial charge in [0.2, 0.25) is 0 Å². The zero-order valence-electron chi connectivity index (χ0n) is 18.6. The molecule has 0 radical (unpaired) electrons. The van der Waals surface area contributed by atoms with Crippen LogP contribution < -0.4 is 0 Å². The number of halogens is 1. The number of amides is 1. The zero-order chi connectivity index (χ0) is 23.5. The number of benzene rings is 2. The van der Waals surface area contributed by atoms with Gasteiger partial charge >= 0.3 is 6.09 Å². The van der Waals surface area contributed by atoms with Gasteiger partial charge in [0.05, 0.1) is 16.5 Å². The van der Waals surface area contributed by atoms with Gasteiger partial charge in [-0.15, -0.1) is 0 Å². The molecule has 2 aromatic carbocycles. The van der Waals surface area contributed by atoms with Crippen molar-refractivity contribution in [1.82, 2.24) is 9.21 Å². The molecule has 0 N–H and O–H groups in total. The van der Waals surface area contributed by atoms with Gasteiger partial charge in [-0.1, -0.05) is 23.4 Å². The summed E-state index contributed by atoms with van der Waals surface area (Å²) in [6.07, 6.45) is -0.359. The lowest BCUT2D eigenvalue weighted by Gasteiger charge is -2.35. The van der Waals surface area contributed by atoms with Crippen LogP contribution in [0.3, 0.4) is 0 Å². The Morgan fingerprint density at radius 1 is 1.16 bits per heavy atom. The van der Waals surface area contributed by atoms with E-state index in [0.717, 1.165) is 15.4 Å². The lowest BCUT2D eigenvalue weighted by molar-refractivity contribution is 0.0195. The minimum atomic E-state index is -1.48. The van der Waals surface area contributed by atoms with Crippen LogP contribution in [-0.4, -0.2) is 51.3 Å². The van der Waals surface area contributed by atoms with Gasteiger partial charge in [0, 0.05) is 41.0 Å². The second-order valence-electron chi connectivity index (χ2n) is 8.49. The largest absolute Gasteiger partial charge is 0.444 e. The van der Waals surface area contributed by atoms with E-state index < -0.39 is 16.6 Å². The molecule has 0 spiro atoms. The normalized spacial score (nSPS) is 15.8. The summed E-state index contributed by atoms with van der Waals surface area (Å²) >= 11 is 7.67. The van der Waals surface area contributed by atoms with E-state index in [1.165, 1.54) is 11.8 Å². The fourth-order valence-electron chi connectivity index (χ4n) is 3.19. The summed E-state index contributed by atoms with van der Waals surface area (Å²) in [5.74, 6) is 0. The van der Waals surface area contributed by atoms with E-state index in [-0.39, 0.29) is 6.09 Å². The van der Waals surface area contributed by atoms with Gasteiger partial charge in [0.25, 0.3) is 0 Å². The first-order chi connectivity index (χ1) is 15.1. The third-order valence-corrected chi connectivity index (χ3v) is 7.57. The van der Waals surface area contributed by atoms with Gasteiger partial charge in [0.1, 0.15) is 16.6 Å². The quantitative estimate of drug-likeness (QED) is 0.584. The molecule has 170 valence electrons. The number of aryl methyl sites for hydroxylation is 1. The molecule has 1 aliphatic heterocycles. The molecule has 1 amide bonds. The van der Waals surface area contributed by atoms with Crippen molar-refractivity contribution < 1.29 is 13.7 Å². The molecular weight excluding hydrogens is 466 g/mol. The van der Waals surface area contributed by atoms with Gasteiger partial charge in [-0.05, 0) is 69.7 Å². The Kier molecular flexibility index (Phi) is 7.88. The summed E-state index contributed by atoms with van der Waals surface area (Å²) < 4.78 is 20.7. The molecule has 1 unspecified atom stereocenters. The van der Waals surface area contributed by atoms with Crippen molar-refractivity contribution in [3.8, 4) is 6.07 Å². The van der Waals surface area contributed by atoms with Gasteiger partial charge in [0.15, 0.2) is 0 Å². The van der Waals surface area contributed by atoms with E-state index in [9.17, 15) is 14.3 Å². The van der Waals surface area contributed by atoms with Crippen molar-refractivity contribution >= 4 is 40.4 Å². The number of rotatable bonds is 4. The molecule has 1 aliphatic rings. The first kappa shape index (κ1) is 24.6. The molecule has 32 heavy (non-hydrogen) atoms. The molecule has 0 aromatic heterocycles. The number of nitrogens with zero attached hydrogens (tertiary/aromatic N) is 3. The summed E-state index contributed by atoms with van der Waals surface area (Å²) in [6.45, 7) is 9.21. The third-order valence-electron chi connectivity index (χ3n) is 4.63. The predicted molar refractivity (Wildman–Crippen MR) is 127 cm³/mol. The molecule has 1 saturated heterocycles. The van der Waals surface area contributed by atoms with Crippen molar-refractivity contribution in [3.63, 3.8) is 0 Å². The van der Waals surface area contributed by atoms with Gasteiger partial charge < -0.3 is 9.64 Å². The van der Waals surface area contributed by atoms with Crippen LogP contribution in [-0.2, 0) is 15.7 Å². The Balaban J connectivity index is 1.77. The second-order valence-corrected chi connectivity index (χ2v) is 11.5. The Morgan fingerprint density at radius 2 is 1.84 bits per heavy atom. The molecule has 6 nitrogen and oxygen atoms in total. The Morgan fingerprint density at radius 3 is 2.44 bits per heavy atom. The minimum Gasteiger partial charge on any atom is -0.444 e. The smallest absolute Gasteiger partial charge is 0.410 e. The fourth-order valence-corrected chi connectivity index (χ4v) is 6.10. The lowest BCUT2D eigenvalue weighted by Crippen LogP contribution is -2.50. The lowest BCUT2D eigenvalue weighted by atomic mass is 10.2. The number of piperazine rings is 1. The van der Waals surface area contributed by atoms with Crippen LogP contribution >= 0.6 is 23.4 Å². The molecular formula is C23H26ClN3O3S2. The van der Waals surface area contributed by atoms with Crippen LogP contribution in [0.2, 0.25) is 5.02 Å². The second kappa shape index (κ2) is 10.3. The average Bonchev–Trinajstić information content (AvgIpc) is 2.71. The van der Waals surface area contributed by atoms with Crippen LogP contribution in [0.15, 0.2) is 51.1 Å². The van der Waals surface area contributed by atoms with E-state index in [2.05, 4.69) is 6.07 Å². The molecule has 0 saturated carbocycles. The molecule has 0 bridgehead atoms. The number of hydrogen-bond acceptors (Lipinski definition) is 5. The average molecular weight is 492 g/mol. The van der Waals surface area contributed by atoms with E-state index in [1.54, 1.807) is 17.0 Å². The number of hydrogen-bond donors (Lipinski definition) is 0. The molecule has 1 heterocycles. The zero-order valence-corrected chi connectivity index (χ0v) is 20.9. The molecule has 2 aromatic rings. The number of nitriles is 1. The van der Waals surface area contributed by atoms with Crippen molar-refractivity contribution in [1.29, 1.82) is 5.26 Å². The molecule has 1 fully saturated rings. The summed E-state index contributed by atoms with van der Waals surface area (Å²) in [6, 6.07) is 13.1. The summed E-state index contributed by atoms with van der Waals surface area (Å²) in [5, 5.41) is 9.99. The molecule has 3 rings (SSSR count). The maximum atomic E-state index is 13.5. The van der Waals surface area contributed by atoms with Gasteiger partial charge in [-0.3, -0.25) is 0 Å². The van der Waals surface area contributed by atoms with Crippen LogP contribution in [0.4, 0.5) is 4.79 Å². The number of ether oxygens (including phenoxy) is 1. The Bertz CT molecular complexity index is 1050. The fraction of sp³-hybridized carbons (Fsp3) is 0.391. The maximum absolute atomic E-state index is 13.5. The van der Waals surface area contributed by atoms with Crippen molar-refractivity contribution in [2.24, 2.45) is 0 Å². The van der Waals surface area contributed by atoms with Gasteiger partial charge in [-0.2, -0.15) is 5.26 Å². The standard InChI is InChI=1S/C23H26ClN3O3S2/c1-16-11-18(24)14-19(12-16)31-20-6-5-17(15-25)13-21(20)32(29)27-9-7-26(8-10-27)22(28)30-23(2,3)4/h5-6,11-14H,7-10H2,1-4H3. The highest BCUT2D eigenvalue weighted by Crippen LogP contribution is 2.35. The van der Waals surface area contributed by atoms with E-state index >= 15 is 0 Å². The monoisotopic (exact) mass is 491 g/mol. The van der Waals surface area contributed by atoms with Crippen LogP contribution in [0.25, 0.3) is 0 Å². The highest BCUT2D eigenvalue weighted by atomic mass is 35.5. The van der Waals surface area contributed by atoms with Crippen molar-refractivity contribution in [2.75, 3.05) is 26.2 Å². The van der Waals surface area contributed by atoms with Crippen LogP contribution in [0, 0.1) is 18.3 Å². The Labute approximate surface area is 201 Å². The van der Waals surface area contributed by atoms with Crippen LogP contribution in [0.5, 0.6) is 0 Å². The summed E-state index contributed by atoms with van der Waals surface area (Å²) in [7, 11) is -1.48. The Hall–Kier alpha value is -2.05. The number of carbonyl (C=O) groups is 1. The van der Waals surface area contributed by atoms with Crippen molar-refractivity contribution in [2.45, 2.75) is 48.0 Å². The minimum absolute atomic E-state index is 0.359. The highest BCUT2D eigenvalue weighted by molar-refractivity contribution is 7.99. The highest BCUT2D eigenvalue weighted by Gasteiger charge is 2.29. The summed E-state index contributed by atoms with van der Waals surface area (Å²) in [4.78, 5) is 16.3. The third kappa shape index (κ3) is 6.48. The van der Waals surface area contributed by atoms with E-state index in [0.29, 0.717) is 41.7 Å².